The summed E-state index contributed by atoms with van der Waals surface area (Å²) in [6.45, 7) is 4.60. The lowest BCUT2D eigenvalue weighted by atomic mass is 9.59. The topological polar surface area (TPSA) is 23.8 Å². The van der Waals surface area contributed by atoms with Gasteiger partial charge in [-0.25, -0.2) is 0 Å². The standard InChI is InChI=1S/C21H37N/c1-3-5-6-8-19-13-15-21(17-22,16-14-19)20-11-9-18(7-4-2)10-12-20/h18-20H,3-16H2,1-2H3/t18?,19-,20?,21-. The molecule has 0 aromatic heterocycles. The summed E-state index contributed by atoms with van der Waals surface area (Å²) in [5, 5.41) is 9.91. The van der Waals surface area contributed by atoms with Crippen LogP contribution in [-0.4, -0.2) is 0 Å². The molecule has 0 aliphatic heterocycles. The average Bonchev–Trinajstić information content (AvgIpc) is 2.57. The van der Waals surface area contributed by atoms with Gasteiger partial charge in [0, 0.05) is 0 Å². The minimum atomic E-state index is 0.0540. The molecule has 0 N–H and O–H groups in total. The van der Waals surface area contributed by atoms with E-state index in [1.807, 2.05) is 0 Å². The van der Waals surface area contributed by atoms with Crippen molar-refractivity contribution in [2.45, 2.75) is 104 Å². The molecule has 126 valence electrons. The highest BCUT2D eigenvalue weighted by atomic mass is 14.5. The summed E-state index contributed by atoms with van der Waals surface area (Å²) >= 11 is 0. The van der Waals surface area contributed by atoms with Crippen molar-refractivity contribution < 1.29 is 0 Å². The molecule has 0 radical (unpaired) electrons. The van der Waals surface area contributed by atoms with Crippen LogP contribution in [0.25, 0.3) is 0 Å². The molecular weight excluding hydrogens is 266 g/mol. The van der Waals surface area contributed by atoms with Crippen molar-refractivity contribution in [2.24, 2.45) is 23.2 Å². The van der Waals surface area contributed by atoms with Crippen LogP contribution in [0.1, 0.15) is 104 Å². The zero-order valence-electron chi connectivity index (χ0n) is 15.1. The zero-order valence-corrected chi connectivity index (χ0v) is 15.1. The molecule has 2 saturated carbocycles. The number of hydrogen-bond donors (Lipinski definition) is 0. The molecule has 2 rings (SSSR count). The fourth-order valence-electron chi connectivity index (χ4n) is 5.19. The Hall–Kier alpha value is -0.510. The normalized spacial score (nSPS) is 36.0. The van der Waals surface area contributed by atoms with Crippen LogP contribution >= 0.6 is 0 Å². The molecule has 22 heavy (non-hydrogen) atoms. The van der Waals surface area contributed by atoms with Gasteiger partial charge in [0.15, 0.2) is 0 Å². The van der Waals surface area contributed by atoms with Gasteiger partial charge in [0.05, 0.1) is 11.5 Å². The lowest BCUT2D eigenvalue weighted by Crippen LogP contribution is -2.36. The largest absolute Gasteiger partial charge is 0.198 e. The summed E-state index contributed by atoms with van der Waals surface area (Å²) < 4.78 is 0. The minimum Gasteiger partial charge on any atom is -0.198 e. The van der Waals surface area contributed by atoms with Crippen LogP contribution in [0.15, 0.2) is 0 Å². The van der Waals surface area contributed by atoms with Crippen LogP contribution in [-0.2, 0) is 0 Å². The summed E-state index contributed by atoms with van der Waals surface area (Å²) in [4.78, 5) is 0. The fraction of sp³-hybridized carbons (Fsp3) is 0.952. The SMILES string of the molecule is CCCCC[C@H]1CC[C@](C#N)(C2CCC(CCC)CC2)CC1. The highest BCUT2D eigenvalue weighted by molar-refractivity contribution is 5.06. The van der Waals surface area contributed by atoms with Crippen molar-refractivity contribution in [2.75, 3.05) is 0 Å². The third-order valence-electron chi connectivity index (χ3n) is 6.76. The van der Waals surface area contributed by atoms with Gasteiger partial charge in [-0.1, -0.05) is 65.2 Å². The van der Waals surface area contributed by atoms with Gasteiger partial charge >= 0.3 is 0 Å². The van der Waals surface area contributed by atoms with Crippen LogP contribution in [0.5, 0.6) is 0 Å². The third kappa shape index (κ3) is 4.50. The number of nitriles is 1. The second kappa shape index (κ2) is 8.95. The Bertz CT molecular complexity index is 337. The van der Waals surface area contributed by atoms with Crippen LogP contribution in [0.4, 0.5) is 0 Å². The maximum Gasteiger partial charge on any atom is 0.0692 e. The molecule has 2 fully saturated rings. The number of hydrogen-bond acceptors (Lipinski definition) is 1. The number of unbranched alkanes of at least 4 members (excludes halogenated alkanes) is 2. The van der Waals surface area contributed by atoms with E-state index in [-0.39, 0.29) is 5.41 Å². The van der Waals surface area contributed by atoms with Gasteiger partial charge in [-0.05, 0) is 56.3 Å². The van der Waals surface area contributed by atoms with Gasteiger partial charge in [-0.2, -0.15) is 5.26 Å². The van der Waals surface area contributed by atoms with Crippen molar-refractivity contribution in [3.8, 4) is 6.07 Å². The lowest BCUT2D eigenvalue weighted by molar-refractivity contribution is 0.0845. The summed E-state index contributed by atoms with van der Waals surface area (Å²) in [5.41, 5.74) is 0.0540. The van der Waals surface area contributed by atoms with Crippen molar-refractivity contribution in [1.29, 1.82) is 5.26 Å². The first kappa shape index (κ1) is 17.8. The van der Waals surface area contributed by atoms with E-state index in [2.05, 4.69) is 19.9 Å². The van der Waals surface area contributed by atoms with Crippen LogP contribution < -0.4 is 0 Å². The van der Waals surface area contributed by atoms with Gasteiger partial charge in [0.25, 0.3) is 0 Å². The van der Waals surface area contributed by atoms with E-state index in [0.717, 1.165) is 11.8 Å². The average molecular weight is 304 g/mol. The second-order valence-electron chi connectivity index (χ2n) is 8.21. The first-order valence-corrected chi connectivity index (χ1v) is 10.1. The molecule has 2 aliphatic carbocycles. The highest BCUT2D eigenvalue weighted by Crippen LogP contribution is 2.50. The van der Waals surface area contributed by atoms with E-state index in [1.54, 1.807) is 0 Å². The van der Waals surface area contributed by atoms with E-state index < -0.39 is 0 Å². The monoisotopic (exact) mass is 303 g/mol. The Labute approximate surface area is 138 Å². The quantitative estimate of drug-likeness (QED) is 0.470. The van der Waals surface area contributed by atoms with Crippen LogP contribution in [0.2, 0.25) is 0 Å². The van der Waals surface area contributed by atoms with Gasteiger partial charge in [0.1, 0.15) is 0 Å². The van der Waals surface area contributed by atoms with Gasteiger partial charge in [0.2, 0.25) is 0 Å². The predicted molar refractivity (Wildman–Crippen MR) is 94.5 cm³/mol. The van der Waals surface area contributed by atoms with Crippen LogP contribution in [0.3, 0.4) is 0 Å². The molecule has 2 aliphatic rings. The molecule has 0 unspecified atom stereocenters. The first-order valence-electron chi connectivity index (χ1n) is 10.1. The molecule has 1 heteroatoms. The Morgan fingerprint density at radius 3 is 2.00 bits per heavy atom. The first-order chi connectivity index (χ1) is 10.7. The maximum absolute atomic E-state index is 9.91. The predicted octanol–water partition coefficient (Wildman–Crippen LogP) is 6.87. The zero-order chi connectivity index (χ0) is 15.8. The van der Waals surface area contributed by atoms with Gasteiger partial charge in [-0.3, -0.25) is 0 Å². The van der Waals surface area contributed by atoms with Crippen molar-refractivity contribution >= 4 is 0 Å². The number of nitrogens with zero attached hydrogens (tertiary/aromatic N) is 1. The summed E-state index contributed by atoms with van der Waals surface area (Å²) in [7, 11) is 0. The van der Waals surface area contributed by atoms with Crippen molar-refractivity contribution in [3.63, 3.8) is 0 Å². The molecule has 0 aromatic carbocycles. The molecule has 0 spiro atoms. The van der Waals surface area contributed by atoms with E-state index in [1.165, 1.54) is 89.9 Å². The maximum atomic E-state index is 9.91. The summed E-state index contributed by atoms with van der Waals surface area (Å²) in [6, 6.07) is 2.82. The molecule has 0 heterocycles. The van der Waals surface area contributed by atoms with Crippen LogP contribution in [0, 0.1) is 34.5 Å². The Balaban J connectivity index is 1.81. The molecule has 0 amide bonds. The number of rotatable bonds is 7. The van der Waals surface area contributed by atoms with E-state index in [4.69, 9.17) is 0 Å². The molecular formula is C21H37N. The fourth-order valence-corrected chi connectivity index (χ4v) is 5.19. The Kier molecular flexibility index (Phi) is 7.26. The van der Waals surface area contributed by atoms with Crippen molar-refractivity contribution in [1.82, 2.24) is 0 Å². The smallest absolute Gasteiger partial charge is 0.0692 e. The highest BCUT2D eigenvalue weighted by Gasteiger charge is 2.43. The lowest BCUT2D eigenvalue weighted by Gasteiger charge is -2.43. The molecule has 1 nitrogen and oxygen atoms in total. The van der Waals surface area contributed by atoms with Gasteiger partial charge in [-0.15, -0.1) is 0 Å². The van der Waals surface area contributed by atoms with E-state index in [9.17, 15) is 5.26 Å². The summed E-state index contributed by atoms with van der Waals surface area (Å²) in [5.74, 6) is 2.59. The molecule has 0 bridgehead atoms. The third-order valence-corrected chi connectivity index (χ3v) is 6.76. The Morgan fingerprint density at radius 1 is 0.818 bits per heavy atom. The van der Waals surface area contributed by atoms with E-state index in [0.29, 0.717) is 5.92 Å². The molecule has 0 saturated heterocycles. The minimum absolute atomic E-state index is 0.0540. The summed E-state index contributed by atoms with van der Waals surface area (Å²) in [6.07, 6.45) is 18.8. The molecule has 0 aromatic rings. The Morgan fingerprint density at radius 2 is 1.45 bits per heavy atom. The van der Waals surface area contributed by atoms with Crippen molar-refractivity contribution in [3.05, 3.63) is 0 Å². The van der Waals surface area contributed by atoms with Gasteiger partial charge < -0.3 is 0 Å². The van der Waals surface area contributed by atoms with E-state index >= 15 is 0 Å². The second-order valence-corrected chi connectivity index (χ2v) is 8.21. The molecule has 0 atom stereocenters.